The highest BCUT2D eigenvalue weighted by molar-refractivity contribution is 5.91. The molecule has 2 heterocycles. The van der Waals surface area contributed by atoms with Crippen LogP contribution in [0, 0.1) is 0 Å². The molecule has 1 aromatic carbocycles. The van der Waals surface area contributed by atoms with Crippen molar-refractivity contribution >= 4 is 16.6 Å². The van der Waals surface area contributed by atoms with Crippen LogP contribution < -0.4 is 5.73 Å². The van der Waals surface area contributed by atoms with Crippen LogP contribution in [0.3, 0.4) is 0 Å². The molecule has 5 nitrogen and oxygen atoms in total. The number of nitrogen functional groups attached to an aromatic ring is 1. The van der Waals surface area contributed by atoms with Crippen molar-refractivity contribution in [2.45, 2.75) is 20.0 Å². The van der Waals surface area contributed by atoms with Gasteiger partial charge in [-0.15, -0.1) is 0 Å². The van der Waals surface area contributed by atoms with Crippen molar-refractivity contribution in [2.75, 3.05) is 5.73 Å². The lowest BCUT2D eigenvalue weighted by atomic mass is 10.2. The predicted molar refractivity (Wildman–Crippen MR) is 71.1 cm³/mol. The van der Waals surface area contributed by atoms with Crippen LogP contribution >= 0.6 is 0 Å². The molecule has 0 spiro atoms. The van der Waals surface area contributed by atoms with Crippen LogP contribution in [0.25, 0.3) is 10.9 Å². The minimum atomic E-state index is 0.709. The Kier molecular flexibility index (Phi) is 2.51. The summed E-state index contributed by atoms with van der Waals surface area (Å²) in [6.45, 7) is 3.60. The van der Waals surface area contributed by atoms with Gasteiger partial charge in [0, 0.05) is 23.8 Å². The van der Waals surface area contributed by atoms with E-state index >= 15 is 0 Å². The molecule has 5 heteroatoms. The van der Waals surface area contributed by atoms with Crippen molar-refractivity contribution in [3.8, 4) is 0 Å². The first kappa shape index (κ1) is 10.8. The van der Waals surface area contributed by atoms with Crippen LogP contribution in [0.1, 0.15) is 12.7 Å². The zero-order valence-electron chi connectivity index (χ0n) is 10.2. The number of aryl methyl sites for hydroxylation is 1. The number of nitrogens with zero attached hydrogens (tertiary/aromatic N) is 4. The maximum absolute atomic E-state index is 5.95. The summed E-state index contributed by atoms with van der Waals surface area (Å²) < 4.78 is 4.04. The Morgan fingerprint density at radius 2 is 2.17 bits per heavy atom. The minimum absolute atomic E-state index is 0.709. The Balaban J connectivity index is 2.03. The third-order valence-corrected chi connectivity index (χ3v) is 3.15. The predicted octanol–water partition coefficient (Wildman–Crippen LogP) is 1.88. The summed E-state index contributed by atoms with van der Waals surface area (Å²) >= 11 is 0. The average Bonchev–Trinajstić information content (AvgIpc) is 2.98. The Hall–Kier alpha value is -2.30. The van der Waals surface area contributed by atoms with Gasteiger partial charge in [-0.05, 0) is 25.1 Å². The van der Waals surface area contributed by atoms with E-state index in [9.17, 15) is 0 Å². The molecule has 0 saturated carbocycles. The molecule has 0 aliphatic rings. The molecule has 18 heavy (non-hydrogen) atoms. The number of hydrogen-bond donors (Lipinski definition) is 1. The summed E-state index contributed by atoms with van der Waals surface area (Å²) in [6, 6.07) is 8.00. The van der Waals surface area contributed by atoms with E-state index in [2.05, 4.69) is 27.6 Å². The molecule has 92 valence electrons. The van der Waals surface area contributed by atoms with Gasteiger partial charge >= 0.3 is 0 Å². The van der Waals surface area contributed by atoms with Gasteiger partial charge in [-0.25, -0.2) is 9.67 Å². The molecule has 2 aromatic heterocycles. The lowest BCUT2D eigenvalue weighted by molar-refractivity contribution is 0.597. The van der Waals surface area contributed by atoms with Crippen molar-refractivity contribution in [1.82, 2.24) is 19.3 Å². The Morgan fingerprint density at radius 1 is 1.28 bits per heavy atom. The summed E-state index contributed by atoms with van der Waals surface area (Å²) in [5, 5.41) is 5.26. The zero-order chi connectivity index (χ0) is 12.5. The van der Waals surface area contributed by atoms with E-state index in [-0.39, 0.29) is 0 Å². The fourth-order valence-corrected chi connectivity index (χ4v) is 2.21. The lowest BCUT2D eigenvalue weighted by Gasteiger charge is -2.06. The van der Waals surface area contributed by atoms with Gasteiger partial charge in [-0.2, -0.15) is 5.10 Å². The van der Waals surface area contributed by atoms with E-state index in [1.165, 1.54) is 0 Å². The molecule has 3 rings (SSSR count). The molecule has 0 aliphatic heterocycles. The molecular formula is C13H15N5. The van der Waals surface area contributed by atoms with Gasteiger partial charge in [0.15, 0.2) is 0 Å². The highest BCUT2D eigenvalue weighted by Gasteiger charge is 2.07. The standard InChI is InChI=1S/C13H15N5/c1-2-18-13(15-9-16-18)8-17-7-6-10-11(14)4-3-5-12(10)17/h3-7,9H,2,8,14H2,1H3. The maximum atomic E-state index is 5.95. The van der Waals surface area contributed by atoms with Crippen LogP contribution in [0.5, 0.6) is 0 Å². The van der Waals surface area contributed by atoms with Gasteiger partial charge in [-0.1, -0.05) is 6.07 Å². The van der Waals surface area contributed by atoms with Gasteiger partial charge in [0.2, 0.25) is 0 Å². The molecule has 3 aromatic rings. The van der Waals surface area contributed by atoms with Gasteiger partial charge < -0.3 is 10.3 Å². The summed E-state index contributed by atoms with van der Waals surface area (Å²) in [6.07, 6.45) is 3.63. The van der Waals surface area contributed by atoms with Crippen LogP contribution in [0.2, 0.25) is 0 Å². The van der Waals surface area contributed by atoms with E-state index in [0.717, 1.165) is 29.0 Å². The molecule has 0 saturated heterocycles. The first-order valence-corrected chi connectivity index (χ1v) is 5.99. The Morgan fingerprint density at radius 3 is 3.00 bits per heavy atom. The number of anilines is 1. The number of nitrogens with two attached hydrogens (primary N) is 1. The highest BCUT2D eigenvalue weighted by Crippen LogP contribution is 2.22. The largest absolute Gasteiger partial charge is 0.398 e. The minimum Gasteiger partial charge on any atom is -0.398 e. The second-order valence-corrected chi connectivity index (χ2v) is 4.22. The molecule has 0 radical (unpaired) electrons. The molecule has 0 unspecified atom stereocenters. The molecule has 0 aliphatic carbocycles. The van der Waals surface area contributed by atoms with Crippen molar-refractivity contribution in [3.05, 3.63) is 42.6 Å². The van der Waals surface area contributed by atoms with Crippen LogP contribution in [-0.2, 0) is 13.1 Å². The SMILES string of the molecule is CCn1ncnc1Cn1ccc2c(N)cccc21. The Bertz CT molecular complexity index is 680. The fourth-order valence-electron chi connectivity index (χ4n) is 2.21. The van der Waals surface area contributed by atoms with Gasteiger partial charge in [0.25, 0.3) is 0 Å². The second-order valence-electron chi connectivity index (χ2n) is 4.22. The topological polar surface area (TPSA) is 61.7 Å². The Labute approximate surface area is 105 Å². The molecule has 0 amide bonds. The number of rotatable bonds is 3. The lowest BCUT2D eigenvalue weighted by Crippen LogP contribution is -2.08. The number of fused-ring (bicyclic) bond motifs is 1. The summed E-state index contributed by atoms with van der Waals surface area (Å²) in [5.41, 5.74) is 7.89. The molecule has 0 atom stereocenters. The normalized spacial score (nSPS) is 11.2. The molecule has 0 fully saturated rings. The number of aromatic nitrogens is 4. The highest BCUT2D eigenvalue weighted by atomic mass is 15.3. The van der Waals surface area contributed by atoms with Crippen LogP contribution in [0.15, 0.2) is 36.8 Å². The first-order valence-electron chi connectivity index (χ1n) is 5.99. The molecule has 2 N–H and O–H groups in total. The maximum Gasteiger partial charge on any atom is 0.146 e. The van der Waals surface area contributed by atoms with E-state index in [0.29, 0.717) is 6.54 Å². The summed E-state index contributed by atoms with van der Waals surface area (Å²) in [5.74, 6) is 0.956. The number of hydrogen-bond acceptors (Lipinski definition) is 3. The van der Waals surface area contributed by atoms with Gasteiger partial charge in [0.05, 0.1) is 12.1 Å². The first-order chi connectivity index (χ1) is 8.79. The van der Waals surface area contributed by atoms with E-state index in [4.69, 9.17) is 5.73 Å². The van der Waals surface area contributed by atoms with Gasteiger partial charge in [0.1, 0.15) is 12.2 Å². The van der Waals surface area contributed by atoms with Crippen molar-refractivity contribution in [3.63, 3.8) is 0 Å². The third kappa shape index (κ3) is 1.64. The van der Waals surface area contributed by atoms with E-state index in [1.807, 2.05) is 29.1 Å². The number of benzene rings is 1. The molecular weight excluding hydrogens is 226 g/mol. The van der Waals surface area contributed by atoms with Crippen molar-refractivity contribution in [1.29, 1.82) is 0 Å². The summed E-state index contributed by atoms with van der Waals surface area (Å²) in [4.78, 5) is 4.29. The quantitative estimate of drug-likeness (QED) is 0.712. The smallest absolute Gasteiger partial charge is 0.146 e. The van der Waals surface area contributed by atoms with Crippen LogP contribution in [0.4, 0.5) is 5.69 Å². The van der Waals surface area contributed by atoms with E-state index in [1.54, 1.807) is 6.33 Å². The van der Waals surface area contributed by atoms with Crippen molar-refractivity contribution in [2.24, 2.45) is 0 Å². The van der Waals surface area contributed by atoms with Crippen molar-refractivity contribution < 1.29 is 0 Å². The van der Waals surface area contributed by atoms with Crippen LogP contribution in [-0.4, -0.2) is 19.3 Å². The molecule has 0 bridgehead atoms. The third-order valence-electron chi connectivity index (χ3n) is 3.15. The summed E-state index contributed by atoms with van der Waals surface area (Å²) in [7, 11) is 0. The average molecular weight is 241 g/mol. The fraction of sp³-hybridized carbons (Fsp3) is 0.231. The second kappa shape index (κ2) is 4.18. The van der Waals surface area contributed by atoms with Gasteiger partial charge in [-0.3, -0.25) is 0 Å². The van der Waals surface area contributed by atoms with E-state index < -0.39 is 0 Å². The zero-order valence-corrected chi connectivity index (χ0v) is 10.2. The monoisotopic (exact) mass is 241 g/mol.